The van der Waals surface area contributed by atoms with E-state index in [-0.39, 0.29) is 17.8 Å². The van der Waals surface area contributed by atoms with E-state index in [9.17, 15) is 4.79 Å². The molecule has 0 saturated carbocycles. The van der Waals surface area contributed by atoms with Gasteiger partial charge in [0, 0.05) is 0 Å². The molecule has 0 bridgehead atoms. The maximum atomic E-state index is 11.9. The van der Waals surface area contributed by atoms with Crippen LogP contribution in [-0.2, 0) is 9.53 Å². The van der Waals surface area contributed by atoms with Gasteiger partial charge in [-0.3, -0.25) is 4.79 Å². The Kier molecular flexibility index (Phi) is 3.89. The second-order valence-electron chi connectivity index (χ2n) is 5.35. The summed E-state index contributed by atoms with van der Waals surface area (Å²) in [6.45, 7) is 6.17. The molecule has 2 aromatic carbocycles. The molecule has 0 amide bonds. The summed E-state index contributed by atoms with van der Waals surface area (Å²) in [5.41, 5.74) is 2.27. The molecule has 2 rings (SSSR count). The van der Waals surface area contributed by atoms with Crippen molar-refractivity contribution in [1.29, 1.82) is 0 Å². The van der Waals surface area contributed by atoms with E-state index in [0.29, 0.717) is 0 Å². The summed E-state index contributed by atoms with van der Waals surface area (Å²) >= 11 is 0. The molecule has 0 aliphatic heterocycles. The van der Waals surface area contributed by atoms with Crippen LogP contribution in [0.2, 0.25) is 0 Å². The van der Waals surface area contributed by atoms with Crippen LogP contribution in [0.4, 0.5) is 0 Å². The number of rotatable bonds is 3. The molecule has 0 radical (unpaired) electrons. The zero-order chi connectivity index (χ0) is 14.0. The lowest BCUT2D eigenvalue weighted by molar-refractivity contribution is -0.143. The van der Waals surface area contributed by atoms with Crippen LogP contribution < -0.4 is 0 Å². The van der Waals surface area contributed by atoms with Gasteiger partial charge >= 0.3 is 5.97 Å². The predicted octanol–water partition coefficient (Wildman–Crippen LogP) is 4.06. The first-order valence-electron chi connectivity index (χ1n) is 6.61. The Morgan fingerprint density at radius 1 is 1.05 bits per heavy atom. The van der Waals surface area contributed by atoms with Crippen molar-refractivity contribution < 1.29 is 9.53 Å². The summed E-state index contributed by atoms with van der Waals surface area (Å²) in [6.07, 6.45) is 0. The highest BCUT2D eigenvalue weighted by Crippen LogP contribution is 2.28. The SMILES string of the molecule is COC(=O)C(c1ccc2cc(C)ccc2c1)C(C)C. The number of carbonyl (C=O) groups is 1. The van der Waals surface area contributed by atoms with Crippen molar-refractivity contribution in [3.63, 3.8) is 0 Å². The second-order valence-corrected chi connectivity index (χ2v) is 5.35. The monoisotopic (exact) mass is 256 g/mol. The van der Waals surface area contributed by atoms with Gasteiger partial charge in [0.2, 0.25) is 0 Å². The summed E-state index contributed by atoms with van der Waals surface area (Å²) in [7, 11) is 1.45. The second kappa shape index (κ2) is 5.43. The summed E-state index contributed by atoms with van der Waals surface area (Å²) < 4.78 is 4.92. The van der Waals surface area contributed by atoms with Crippen LogP contribution >= 0.6 is 0 Å². The number of hydrogen-bond donors (Lipinski definition) is 0. The highest BCUT2D eigenvalue weighted by molar-refractivity contribution is 5.86. The number of ether oxygens (including phenoxy) is 1. The van der Waals surface area contributed by atoms with Crippen LogP contribution in [0.5, 0.6) is 0 Å². The Hall–Kier alpha value is -1.83. The summed E-state index contributed by atoms with van der Waals surface area (Å²) in [5.74, 6) is -0.146. The standard InChI is InChI=1S/C17H20O2/c1-11(2)16(17(18)19-4)15-8-7-13-9-12(3)5-6-14(13)10-15/h5-11,16H,1-4H3. The van der Waals surface area contributed by atoms with Gasteiger partial charge in [0.25, 0.3) is 0 Å². The summed E-state index contributed by atoms with van der Waals surface area (Å²) in [4.78, 5) is 11.9. The Morgan fingerprint density at radius 3 is 2.32 bits per heavy atom. The lowest BCUT2D eigenvalue weighted by Crippen LogP contribution is -2.19. The van der Waals surface area contributed by atoms with Crippen LogP contribution in [0, 0.1) is 12.8 Å². The highest BCUT2D eigenvalue weighted by atomic mass is 16.5. The molecule has 2 nitrogen and oxygen atoms in total. The van der Waals surface area contributed by atoms with Gasteiger partial charge in [0.1, 0.15) is 0 Å². The van der Waals surface area contributed by atoms with E-state index >= 15 is 0 Å². The van der Waals surface area contributed by atoms with Gasteiger partial charge in [-0.1, -0.05) is 55.8 Å². The van der Waals surface area contributed by atoms with Gasteiger partial charge in [-0.2, -0.15) is 0 Å². The molecule has 0 spiro atoms. The third-order valence-electron chi connectivity index (χ3n) is 3.50. The van der Waals surface area contributed by atoms with Crippen LogP contribution in [0.15, 0.2) is 36.4 Å². The normalized spacial score (nSPS) is 12.7. The first kappa shape index (κ1) is 13.6. The van der Waals surface area contributed by atoms with Crippen molar-refractivity contribution in [3.05, 3.63) is 47.5 Å². The van der Waals surface area contributed by atoms with E-state index in [0.717, 1.165) is 10.9 Å². The molecule has 0 N–H and O–H groups in total. The Bertz CT molecular complexity index is 599. The van der Waals surface area contributed by atoms with E-state index in [1.165, 1.54) is 18.1 Å². The van der Waals surface area contributed by atoms with Gasteiger partial charge in [0.05, 0.1) is 13.0 Å². The molecule has 0 heterocycles. The fourth-order valence-electron chi connectivity index (χ4n) is 2.50. The number of benzene rings is 2. The van der Waals surface area contributed by atoms with Crippen molar-refractivity contribution >= 4 is 16.7 Å². The molecule has 0 aliphatic carbocycles. The van der Waals surface area contributed by atoms with Gasteiger partial charge in [-0.05, 0) is 29.2 Å². The van der Waals surface area contributed by atoms with E-state index < -0.39 is 0 Å². The van der Waals surface area contributed by atoms with Crippen molar-refractivity contribution in [3.8, 4) is 0 Å². The summed E-state index contributed by atoms with van der Waals surface area (Å²) in [6, 6.07) is 12.6. The van der Waals surface area contributed by atoms with E-state index in [4.69, 9.17) is 4.74 Å². The van der Waals surface area contributed by atoms with Gasteiger partial charge in [-0.25, -0.2) is 0 Å². The molecule has 0 aliphatic rings. The Labute approximate surface area is 114 Å². The van der Waals surface area contributed by atoms with Crippen molar-refractivity contribution in [2.75, 3.05) is 7.11 Å². The number of hydrogen-bond acceptors (Lipinski definition) is 2. The van der Waals surface area contributed by atoms with Crippen LogP contribution in [0.25, 0.3) is 10.8 Å². The fourth-order valence-corrected chi connectivity index (χ4v) is 2.50. The molecular weight excluding hydrogens is 236 g/mol. The van der Waals surface area contributed by atoms with E-state index in [1.807, 2.05) is 19.9 Å². The molecular formula is C17H20O2. The zero-order valence-corrected chi connectivity index (χ0v) is 11.9. The lowest BCUT2D eigenvalue weighted by Gasteiger charge is -2.19. The molecule has 1 atom stereocenters. The molecule has 2 heteroatoms. The molecule has 0 aromatic heterocycles. The van der Waals surface area contributed by atoms with Crippen molar-refractivity contribution in [2.24, 2.45) is 5.92 Å². The Balaban J connectivity index is 2.49. The molecule has 100 valence electrons. The smallest absolute Gasteiger partial charge is 0.313 e. The predicted molar refractivity (Wildman–Crippen MR) is 78.3 cm³/mol. The van der Waals surface area contributed by atoms with E-state index in [2.05, 4.69) is 37.3 Å². The van der Waals surface area contributed by atoms with Crippen LogP contribution in [0.3, 0.4) is 0 Å². The number of esters is 1. The average Bonchev–Trinajstić information content (AvgIpc) is 2.38. The van der Waals surface area contributed by atoms with Gasteiger partial charge in [0.15, 0.2) is 0 Å². The molecule has 19 heavy (non-hydrogen) atoms. The average molecular weight is 256 g/mol. The third-order valence-corrected chi connectivity index (χ3v) is 3.50. The van der Waals surface area contributed by atoms with Crippen LogP contribution in [-0.4, -0.2) is 13.1 Å². The number of aryl methyl sites for hydroxylation is 1. The van der Waals surface area contributed by atoms with Gasteiger partial charge < -0.3 is 4.74 Å². The highest BCUT2D eigenvalue weighted by Gasteiger charge is 2.24. The lowest BCUT2D eigenvalue weighted by atomic mass is 9.87. The molecule has 2 aromatic rings. The fraction of sp³-hybridized carbons (Fsp3) is 0.353. The number of carbonyl (C=O) groups excluding carboxylic acids is 1. The van der Waals surface area contributed by atoms with Crippen molar-refractivity contribution in [2.45, 2.75) is 26.7 Å². The number of methoxy groups -OCH3 is 1. The van der Waals surface area contributed by atoms with E-state index in [1.54, 1.807) is 0 Å². The quantitative estimate of drug-likeness (QED) is 0.774. The third kappa shape index (κ3) is 2.78. The van der Waals surface area contributed by atoms with Gasteiger partial charge in [-0.15, -0.1) is 0 Å². The van der Waals surface area contributed by atoms with Crippen LogP contribution in [0.1, 0.15) is 30.9 Å². The minimum absolute atomic E-state index is 0.165. The number of fused-ring (bicyclic) bond motifs is 1. The van der Waals surface area contributed by atoms with Crippen molar-refractivity contribution in [1.82, 2.24) is 0 Å². The minimum Gasteiger partial charge on any atom is -0.469 e. The largest absolute Gasteiger partial charge is 0.469 e. The first-order chi connectivity index (χ1) is 9.02. The first-order valence-corrected chi connectivity index (χ1v) is 6.61. The molecule has 0 fully saturated rings. The molecule has 0 saturated heterocycles. The Morgan fingerprint density at radius 2 is 1.68 bits per heavy atom. The molecule has 1 unspecified atom stereocenters. The topological polar surface area (TPSA) is 26.3 Å². The maximum absolute atomic E-state index is 11.9. The summed E-state index contributed by atoms with van der Waals surface area (Å²) in [5, 5.41) is 2.37. The maximum Gasteiger partial charge on any atom is 0.313 e. The minimum atomic E-state index is -0.198. The zero-order valence-electron chi connectivity index (χ0n) is 11.9.